The van der Waals surface area contributed by atoms with E-state index in [1.54, 1.807) is 13.0 Å². The smallest absolute Gasteiger partial charge is 0.257 e. The first-order valence-corrected chi connectivity index (χ1v) is 8.39. The minimum absolute atomic E-state index is 0.0183. The third-order valence-corrected chi connectivity index (χ3v) is 4.19. The minimum Gasteiger partial charge on any atom is -0.493 e. The Morgan fingerprint density at radius 2 is 2.17 bits per heavy atom. The van der Waals surface area contributed by atoms with Crippen molar-refractivity contribution in [2.45, 2.75) is 32.0 Å². The molecule has 0 saturated carbocycles. The van der Waals surface area contributed by atoms with E-state index in [0.29, 0.717) is 18.7 Å². The molecule has 0 aliphatic carbocycles. The Kier molecular flexibility index (Phi) is 5.97. The number of thioether (sulfide) groups is 1. The van der Waals surface area contributed by atoms with E-state index >= 15 is 0 Å². The first kappa shape index (κ1) is 18.0. The van der Waals surface area contributed by atoms with Crippen LogP contribution in [0.5, 0.6) is 5.88 Å². The van der Waals surface area contributed by atoms with Gasteiger partial charge in [0, 0.05) is 12.2 Å². The number of halogens is 1. The van der Waals surface area contributed by atoms with Gasteiger partial charge in [0.15, 0.2) is 5.16 Å². The monoisotopic (exact) mass is 351 g/mol. The van der Waals surface area contributed by atoms with Crippen LogP contribution in [-0.2, 0) is 11.3 Å². The summed E-state index contributed by atoms with van der Waals surface area (Å²) < 4.78 is 14.7. The van der Waals surface area contributed by atoms with Crippen molar-refractivity contribution in [1.29, 1.82) is 0 Å². The van der Waals surface area contributed by atoms with E-state index in [0.717, 1.165) is 23.4 Å². The molecule has 0 aliphatic heterocycles. The van der Waals surface area contributed by atoms with E-state index in [2.05, 4.69) is 10.3 Å². The number of carbonyl (C=O) groups is 1. The fourth-order valence-corrected chi connectivity index (χ4v) is 2.89. The molecule has 0 unspecified atom stereocenters. The molecular formula is C16H18FN3O3S. The Morgan fingerprint density at radius 3 is 2.88 bits per heavy atom. The molecule has 0 atom stereocenters. The molecular weight excluding hydrogens is 333 g/mol. The fourth-order valence-electron chi connectivity index (χ4n) is 2.06. The molecule has 128 valence electrons. The highest BCUT2D eigenvalue weighted by atomic mass is 32.2. The van der Waals surface area contributed by atoms with Gasteiger partial charge in [-0.25, -0.2) is 4.39 Å². The first-order valence-electron chi connectivity index (χ1n) is 7.40. The summed E-state index contributed by atoms with van der Waals surface area (Å²) in [6.07, 6.45) is 0.717. The number of nitrogens with zero attached hydrogens (tertiary/aromatic N) is 2. The summed E-state index contributed by atoms with van der Waals surface area (Å²) in [6, 6.07) is 5.18. The van der Waals surface area contributed by atoms with Crippen LogP contribution in [0.15, 0.2) is 34.2 Å². The van der Waals surface area contributed by atoms with Crippen molar-refractivity contribution < 1.29 is 14.3 Å². The lowest BCUT2D eigenvalue weighted by molar-refractivity contribution is -0.113. The molecule has 0 bridgehead atoms. The summed E-state index contributed by atoms with van der Waals surface area (Å²) in [5, 5.41) is 12.4. The number of rotatable bonds is 6. The number of aromatic nitrogens is 2. The summed E-state index contributed by atoms with van der Waals surface area (Å²) in [6.45, 7) is 4.12. The molecule has 1 aromatic heterocycles. The summed E-state index contributed by atoms with van der Waals surface area (Å²) in [5.74, 6) is -1.18. The third kappa shape index (κ3) is 4.58. The number of anilines is 1. The van der Waals surface area contributed by atoms with E-state index in [9.17, 15) is 19.1 Å². The standard InChI is InChI=1S/C16H18FN3O3S/c1-3-6-20-15(23)8-13(21)19-16(20)24-9-14(22)18-12-7-11(17)5-4-10(12)2/h4-5,7-8,21H,3,6,9H2,1-2H3,(H,18,22). The molecule has 0 radical (unpaired) electrons. The van der Waals surface area contributed by atoms with Crippen molar-refractivity contribution in [3.8, 4) is 5.88 Å². The van der Waals surface area contributed by atoms with E-state index in [1.807, 2.05) is 6.92 Å². The van der Waals surface area contributed by atoms with Crippen molar-refractivity contribution in [3.63, 3.8) is 0 Å². The van der Waals surface area contributed by atoms with Crippen LogP contribution in [0.25, 0.3) is 0 Å². The van der Waals surface area contributed by atoms with Crippen LogP contribution in [0.3, 0.4) is 0 Å². The molecule has 1 amide bonds. The lowest BCUT2D eigenvalue weighted by atomic mass is 10.2. The van der Waals surface area contributed by atoms with Crippen molar-refractivity contribution >= 4 is 23.4 Å². The topological polar surface area (TPSA) is 84.2 Å². The van der Waals surface area contributed by atoms with E-state index < -0.39 is 5.82 Å². The molecule has 2 rings (SSSR count). The molecule has 2 N–H and O–H groups in total. The number of nitrogens with one attached hydrogen (secondary N) is 1. The largest absolute Gasteiger partial charge is 0.493 e. The number of amides is 1. The van der Waals surface area contributed by atoms with Gasteiger partial charge in [-0.2, -0.15) is 4.98 Å². The molecule has 0 fully saturated rings. The van der Waals surface area contributed by atoms with Gasteiger partial charge >= 0.3 is 0 Å². The molecule has 24 heavy (non-hydrogen) atoms. The van der Waals surface area contributed by atoms with Crippen molar-refractivity contribution in [2.24, 2.45) is 0 Å². The van der Waals surface area contributed by atoms with E-state index in [4.69, 9.17) is 0 Å². The Hall–Kier alpha value is -2.35. The van der Waals surface area contributed by atoms with Crippen LogP contribution in [0.2, 0.25) is 0 Å². The van der Waals surface area contributed by atoms with Crippen LogP contribution >= 0.6 is 11.8 Å². The van der Waals surface area contributed by atoms with Gasteiger partial charge in [-0.3, -0.25) is 14.2 Å². The van der Waals surface area contributed by atoms with Crippen molar-refractivity contribution in [1.82, 2.24) is 9.55 Å². The maximum Gasteiger partial charge on any atom is 0.257 e. The van der Waals surface area contributed by atoms with Crippen molar-refractivity contribution in [2.75, 3.05) is 11.1 Å². The third-order valence-electron chi connectivity index (χ3n) is 3.21. The SMILES string of the molecule is CCCn1c(SCC(=O)Nc2cc(F)ccc2C)nc(O)cc1=O. The summed E-state index contributed by atoms with van der Waals surface area (Å²) in [5.41, 5.74) is 0.775. The van der Waals surface area contributed by atoms with Gasteiger partial charge in [-0.05, 0) is 31.0 Å². The fraction of sp³-hybridized carbons (Fsp3) is 0.312. The van der Waals surface area contributed by atoms with Crippen LogP contribution in [-0.4, -0.2) is 26.3 Å². The zero-order valence-electron chi connectivity index (χ0n) is 13.4. The molecule has 1 aromatic carbocycles. The van der Waals surface area contributed by atoms with Gasteiger partial charge in [-0.1, -0.05) is 24.8 Å². The molecule has 1 heterocycles. The van der Waals surface area contributed by atoms with Gasteiger partial charge < -0.3 is 10.4 Å². The number of hydrogen-bond donors (Lipinski definition) is 2. The molecule has 0 aliphatic rings. The maximum absolute atomic E-state index is 13.2. The van der Waals surface area contributed by atoms with E-state index in [-0.39, 0.29) is 28.3 Å². The molecule has 2 aromatic rings. The number of hydrogen-bond acceptors (Lipinski definition) is 5. The predicted octanol–water partition coefficient (Wildman–Crippen LogP) is 2.54. The molecule has 8 heteroatoms. The molecule has 6 nitrogen and oxygen atoms in total. The quantitative estimate of drug-likeness (QED) is 0.617. The minimum atomic E-state index is -0.435. The Morgan fingerprint density at radius 1 is 1.42 bits per heavy atom. The highest BCUT2D eigenvalue weighted by molar-refractivity contribution is 7.99. The Balaban J connectivity index is 2.09. The van der Waals surface area contributed by atoms with Gasteiger partial charge in [0.2, 0.25) is 11.8 Å². The summed E-state index contributed by atoms with van der Waals surface area (Å²) >= 11 is 1.04. The van der Waals surface area contributed by atoms with Gasteiger partial charge in [0.05, 0.1) is 11.8 Å². The maximum atomic E-state index is 13.2. The van der Waals surface area contributed by atoms with Gasteiger partial charge in [0.1, 0.15) is 5.82 Å². The highest BCUT2D eigenvalue weighted by Gasteiger charge is 2.12. The second-order valence-electron chi connectivity index (χ2n) is 5.18. The molecule has 0 spiro atoms. The number of aromatic hydroxyl groups is 1. The average Bonchev–Trinajstić information content (AvgIpc) is 2.52. The van der Waals surface area contributed by atoms with Crippen LogP contribution in [0.4, 0.5) is 10.1 Å². The highest BCUT2D eigenvalue weighted by Crippen LogP contribution is 2.19. The van der Waals surface area contributed by atoms with E-state index in [1.165, 1.54) is 16.7 Å². The number of carbonyl (C=O) groups excluding carboxylic acids is 1. The Labute approximate surface area is 142 Å². The Bertz CT molecular complexity index is 808. The lowest BCUT2D eigenvalue weighted by Crippen LogP contribution is -2.23. The normalized spacial score (nSPS) is 10.6. The predicted molar refractivity (Wildman–Crippen MR) is 90.9 cm³/mol. The molecule has 0 saturated heterocycles. The number of aryl methyl sites for hydroxylation is 1. The zero-order chi connectivity index (χ0) is 17.7. The van der Waals surface area contributed by atoms with Crippen molar-refractivity contribution in [3.05, 3.63) is 46.0 Å². The average molecular weight is 351 g/mol. The van der Waals surface area contributed by atoms with Gasteiger partial charge in [-0.15, -0.1) is 0 Å². The zero-order valence-corrected chi connectivity index (χ0v) is 14.2. The van der Waals surface area contributed by atoms with Crippen LogP contribution in [0, 0.1) is 12.7 Å². The summed E-state index contributed by atoms with van der Waals surface area (Å²) in [4.78, 5) is 27.8. The summed E-state index contributed by atoms with van der Waals surface area (Å²) in [7, 11) is 0. The second kappa shape index (κ2) is 7.96. The van der Waals surface area contributed by atoms with Crippen LogP contribution in [0.1, 0.15) is 18.9 Å². The van der Waals surface area contributed by atoms with Crippen LogP contribution < -0.4 is 10.9 Å². The second-order valence-corrected chi connectivity index (χ2v) is 6.13. The first-order chi connectivity index (χ1) is 11.4. The lowest BCUT2D eigenvalue weighted by Gasteiger charge is -2.11. The van der Waals surface area contributed by atoms with Gasteiger partial charge in [0.25, 0.3) is 5.56 Å². The number of benzene rings is 1.